The molecule has 1 heterocycles. The predicted octanol–water partition coefficient (Wildman–Crippen LogP) is 1.27. The average Bonchev–Trinajstić information content (AvgIpc) is 2.34. The summed E-state index contributed by atoms with van der Waals surface area (Å²) in [5.41, 5.74) is 5.14. The lowest BCUT2D eigenvalue weighted by Crippen LogP contribution is -2.03. The van der Waals surface area contributed by atoms with Crippen LogP contribution < -0.4 is 5.73 Å². The van der Waals surface area contributed by atoms with Crippen LogP contribution in [0.25, 0.3) is 0 Å². The van der Waals surface area contributed by atoms with E-state index in [-0.39, 0.29) is 5.17 Å². The SMILES string of the molecule is N=C(N)SCc1ccns1. The number of thioether (sulfide) groups is 1. The molecule has 0 fully saturated rings. The van der Waals surface area contributed by atoms with Gasteiger partial charge in [0.25, 0.3) is 0 Å². The number of nitrogens with zero attached hydrogens (tertiary/aromatic N) is 1. The van der Waals surface area contributed by atoms with Crippen molar-refractivity contribution in [3.8, 4) is 0 Å². The molecule has 0 saturated carbocycles. The van der Waals surface area contributed by atoms with Crippen LogP contribution in [-0.4, -0.2) is 9.54 Å². The summed E-state index contributed by atoms with van der Waals surface area (Å²) >= 11 is 2.76. The summed E-state index contributed by atoms with van der Waals surface area (Å²) in [6, 6.07) is 1.93. The van der Waals surface area contributed by atoms with Crippen LogP contribution in [0.4, 0.5) is 0 Å². The van der Waals surface area contributed by atoms with Gasteiger partial charge in [-0.25, -0.2) is 4.37 Å². The highest BCUT2D eigenvalue weighted by Crippen LogP contribution is 2.13. The second-order valence-corrected chi connectivity index (χ2v) is 3.57. The van der Waals surface area contributed by atoms with Gasteiger partial charge in [-0.2, -0.15) is 0 Å². The van der Waals surface area contributed by atoms with Crippen molar-refractivity contribution >= 4 is 28.5 Å². The Morgan fingerprint density at radius 1 is 1.90 bits per heavy atom. The maximum atomic E-state index is 6.92. The van der Waals surface area contributed by atoms with E-state index < -0.39 is 0 Å². The third kappa shape index (κ3) is 2.36. The lowest BCUT2D eigenvalue weighted by Gasteiger charge is -1.92. The van der Waals surface area contributed by atoms with Gasteiger partial charge in [-0.05, 0) is 17.6 Å². The molecular weight excluding hydrogens is 166 g/mol. The molecule has 0 atom stereocenters. The van der Waals surface area contributed by atoms with E-state index in [2.05, 4.69) is 4.37 Å². The molecule has 0 bridgehead atoms. The summed E-state index contributed by atoms with van der Waals surface area (Å²) in [5, 5.41) is 7.08. The maximum absolute atomic E-state index is 6.92. The Morgan fingerprint density at radius 2 is 2.70 bits per heavy atom. The lowest BCUT2D eigenvalue weighted by molar-refractivity contribution is 1.49. The minimum absolute atomic E-state index is 0.161. The monoisotopic (exact) mass is 173 g/mol. The molecule has 0 amide bonds. The zero-order valence-corrected chi connectivity index (χ0v) is 6.84. The minimum Gasteiger partial charge on any atom is -0.379 e. The molecule has 3 nitrogen and oxygen atoms in total. The highest BCUT2D eigenvalue weighted by atomic mass is 32.2. The van der Waals surface area contributed by atoms with Gasteiger partial charge in [-0.15, -0.1) is 0 Å². The maximum Gasteiger partial charge on any atom is 0.151 e. The van der Waals surface area contributed by atoms with E-state index >= 15 is 0 Å². The van der Waals surface area contributed by atoms with Crippen molar-refractivity contribution in [2.24, 2.45) is 5.73 Å². The van der Waals surface area contributed by atoms with E-state index in [0.29, 0.717) is 0 Å². The summed E-state index contributed by atoms with van der Waals surface area (Å²) < 4.78 is 3.92. The van der Waals surface area contributed by atoms with Crippen molar-refractivity contribution in [3.63, 3.8) is 0 Å². The molecule has 0 unspecified atom stereocenters. The molecule has 3 N–H and O–H groups in total. The molecule has 1 aromatic heterocycles. The van der Waals surface area contributed by atoms with Crippen molar-refractivity contribution in [3.05, 3.63) is 17.1 Å². The van der Waals surface area contributed by atoms with Crippen LogP contribution >= 0.6 is 23.3 Å². The highest BCUT2D eigenvalue weighted by molar-refractivity contribution is 8.13. The Morgan fingerprint density at radius 3 is 3.20 bits per heavy atom. The number of hydrogen-bond donors (Lipinski definition) is 2. The molecule has 0 aliphatic carbocycles. The van der Waals surface area contributed by atoms with Crippen molar-refractivity contribution in [2.75, 3.05) is 0 Å². The van der Waals surface area contributed by atoms with Crippen molar-refractivity contribution in [1.29, 1.82) is 5.41 Å². The summed E-state index contributed by atoms with van der Waals surface area (Å²) in [5.74, 6) is 0.764. The summed E-state index contributed by atoms with van der Waals surface area (Å²) in [7, 11) is 0. The number of nitrogens with one attached hydrogen (secondary N) is 1. The van der Waals surface area contributed by atoms with Crippen LogP contribution in [0.3, 0.4) is 0 Å². The van der Waals surface area contributed by atoms with E-state index in [1.54, 1.807) is 6.20 Å². The van der Waals surface area contributed by atoms with Crippen molar-refractivity contribution in [2.45, 2.75) is 5.75 Å². The minimum atomic E-state index is 0.161. The zero-order valence-electron chi connectivity index (χ0n) is 5.20. The fraction of sp³-hybridized carbons (Fsp3) is 0.200. The van der Waals surface area contributed by atoms with Gasteiger partial charge in [0, 0.05) is 16.8 Å². The quantitative estimate of drug-likeness (QED) is 0.523. The Labute approximate surface area is 67.3 Å². The lowest BCUT2D eigenvalue weighted by atomic mass is 10.6. The molecule has 0 aliphatic rings. The first-order valence-electron chi connectivity index (χ1n) is 2.65. The molecule has 1 rings (SSSR count). The highest BCUT2D eigenvalue weighted by Gasteiger charge is 1.95. The largest absolute Gasteiger partial charge is 0.379 e. The Bertz CT molecular complexity index is 207. The van der Waals surface area contributed by atoms with Gasteiger partial charge in [0.2, 0.25) is 0 Å². The number of nitrogens with two attached hydrogens (primary N) is 1. The van der Waals surface area contributed by atoms with Crippen LogP contribution in [0.5, 0.6) is 0 Å². The number of rotatable bonds is 2. The summed E-state index contributed by atoms with van der Waals surface area (Å²) in [6.07, 6.45) is 1.75. The summed E-state index contributed by atoms with van der Waals surface area (Å²) in [4.78, 5) is 1.15. The second-order valence-electron chi connectivity index (χ2n) is 1.63. The first kappa shape index (κ1) is 7.56. The van der Waals surface area contributed by atoms with Gasteiger partial charge in [-0.1, -0.05) is 11.8 Å². The van der Waals surface area contributed by atoms with E-state index in [4.69, 9.17) is 11.1 Å². The first-order valence-corrected chi connectivity index (χ1v) is 4.41. The Hall–Kier alpha value is -0.550. The third-order valence-corrected chi connectivity index (χ3v) is 2.55. The molecule has 1 aromatic rings. The van der Waals surface area contributed by atoms with E-state index in [0.717, 1.165) is 10.6 Å². The van der Waals surface area contributed by atoms with Crippen LogP contribution in [0.2, 0.25) is 0 Å². The predicted molar refractivity (Wildman–Crippen MR) is 45.3 cm³/mol. The third-order valence-electron chi connectivity index (χ3n) is 0.861. The van der Waals surface area contributed by atoms with Gasteiger partial charge in [0.05, 0.1) is 0 Å². The van der Waals surface area contributed by atoms with Crippen LogP contribution in [0.1, 0.15) is 4.88 Å². The van der Waals surface area contributed by atoms with E-state index in [1.807, 2.05) is 6.07 Å². The van der Waals surface area contributed by atoms with Crippen molar-refractivity contribution < 1.29 is 0 Å². The zero-order chi connectivity index (χ0) is 7.40. The second kappa shape index (κ2) is 3.58. The fourth-order valence-corrected chi connectivity index (χ4v) is 1.63. The molecule has 0 radical (unpaired) electrons. The van der Waals surface area contributed by atoms with Crippen LogP contribution in [-0.2, 0) is 5.75 Å². The Balaban J connectivity index is 2.35. The molecule has 0 spiro atoms. The normalized spacial score (nSPS) is 9.60. The van der Waals surface area contributed by atoms with E-state index in [9.17, 15) is 0 Å². The van der Waals surface area contributed by atoms with Gasteiger partial charge in [0.15, 0.2) is 5.17 Å². The van der Waals surface area contributed by atoms with Gasteiger partial charge in [0.1, 0.15) is 0 Å². The molecule has 54 valence electrons. The van der Waals surface area contributed by atoms with Crippen molar-refractivity contribution in [1.82, 2.24) is 4.37 Å². The standard InChI is InChI=1S/C5H7N3S2/c6-5(7)9-3-4-1-2-8-10-4/h1-2H,3H2,(H3,6,7). The van der Waals surface area contributed by atoms with Crippen LogP contribution in [0, 0.1) is 5.41 Å². The van der Waals surface area contributed by atoms with E-state index in [1.165, 1.54) is 23.3 Å². The molecule has 0 aliphatic heterocycles. The molecule has 5 heteroatoms. The summed E-state index contributed by atoms with van der Waals surface area (Å²) in [6.45, 7) is 0. The Kier molecular flexibility index (Phi) is 2.70. The molecule has 0 aromatic carbocycles. The first-order chi connectivity index (χ1) is 4.79. The molecular formula is C5H7N3S2. The number of amidine groups is 1. The van der Waals surface area contributed by atoms with Gasteiger partial charge >= 0.3 is 0 Å². The van der Waals surface area contributed by atoms with Crippen LogP contribution in [0.15, 0.2) is 12.3 Å². The smallest absolute Gasteiger partial charge is 0.151 e. The fourth-order valence-electron chi connectivity index (χ4n) is 0.465. The van der Waals surface area contributed by atoms with Gasteiger partial charge in [-0.3, -0.25) is 5.41 Å². The molecule has 10 heavy (non-hydrogen) atoms. The average molecular weight is 173 g/mol. The van der Waals surface area contributed by atoms with Gasteiger partial charge < -0.3 is 5.73 Å². The molecule has 0 saturated heterocycles. The topological polar surface area (TPSA) is 62.8 Å². The number of hydrogen-bond acceptors (Lipinski definition) is 4. The number of aromatic nitrogens is 1.